The van der Waals surface area contributed by atoms with Crippen LogP contribution < -0.4 is 15.5 Å². The number of carbonyl (C=O) groups is 2. The molecule has 2 aliphatic rings. The van der Waals surface area contributed by atoms with E-state index in [4.69, 9.17) is 10.1 Å². The van der Waals surface area contributed by atoms with E-state index in [2.05, 4.69) is 32.0 Å². The van der Waals surface area contributed by atoms with Gasteiger partial charge in [-0.2, -0.15) is 0 Å². The summed E-state index contributed by atoms with van der Waals surface area (Å²) in [6.45, 7) is 7.62. The standard InChI is InChI=1S/C27H38N8O3/c1-19(30-24-10-9-22(17-29-24)34-13-11-33(12-14-34)18-25(36)38-4)31-26-20(16-28)15-23(27(37)32(2)3)35(26)21-7-5-6-8-21/h9-10,15-17,21,28,31H,1,5-8,11-14,18H2,2-4H3,(H,29,30). The van der Waals surface area contributed by atoms with Crippen molar-refractivity contribution in [1.29, 1.82) is 5.41 Å². The Balaban J connectivity index is 1.42. The van der Waals surface area contributed by atoms with Gasteiger partial charge in [-0.15, -0.1) is 0 Å². The number of methoxy groups -OCH3 is 1. The molecular weight excluding hydrogens is 484 g/mol. The number of piperazine rings is 1. The first-order chi connectivity index (χ1) is 18.3. The number of amides is 1. The number of aromatic nitrogens is 2. The zero-order chi connectivity index (χ0) is 27.2. The minimum Gasteiger partial charge on any atom is -0.468 e. The number of ether oxygens (including phenoxy) is 1. The van der Waals surface area contributed by atoms with E-state index in [0.717, 1.165) is 57.5 Å². The molecule has 11 heteroatoms. The molecule has 0 unspecified atom stereocenters. The van der Waals surface area contributed by atoms with E-state index in [-0.39, 0.29) is 17.9 Å². The normalized spacial score (nSPS) is 16.2. The molecule has 0 bridgehead atoms. The van der Waals surface area contributed by atoms with E-state index in [1.54, 1.807) is 25.1 Å². The second-order valence-electron chi connectivity index (χ2n) is 9.96. The molecule has 2 aromatic heterocycles. The minimum absolute atomic E-state index is 0.0880. The molecule has 204 valence electrons. The number of carbonyl (C=O) groups excluding carboxylic acids is 2. The molecule has 3 heterocycles. The maximum atomic E-state index is 12.9. The number of nitrogens with zero attached hydrogens (tertiary/aromatic N) is 5. The summed E-state index contributed by atoms with van der Waals surface area (Å²) in [7, 11) is 4.89. The number of hydrogen-bond donors (Lipinski definition) is 3. The van der Waals surface area contributed by atoms with Crippen molar-refractivity contribution in [2.75, 3.05) is 69.5 Å². The molecule has 1 aliphatic heterocycles. The average Bonchev–Trinajstić information content (AvgIpc) is 3.57. The number of hydrogen-bond acceptors (Lipinski definition) is 9. The smallest absolute Gasteiger partial charge is 0.319 e. The molecule has 1 amide bonds. The van der Waals surface area contributed by atoms with Crippen molar-refractivity contribution in [3.63, 3.8) is 0 Å². The highest BCUT2D eigenvalue weighted by Crippen LogP contribution is 2.36. The molecule has 4 rings (SSSR count). The monoisotopic (exact) mass is 522 g/mol. The first-order valence-electron chi connectivity index (χ1n) is 13.0. The van der Waals surface area contributed by atoms with E-state index >= 15 is 0 Å². The predicted octanol–water partition coefficient (Wildman–Crippen LogP) is 2.99. The van der Waals surface area contributed by atoms with Crippen LogP contribution in [0.4, 0.5) is 17.3 Å². The summed E-state index contributed by atoms with van der Waals surface area (Å²) in [6.07, 6.45) is 7.32. The highest BCUT2D eigenvalue weighted by Gasteiger charge is 2.28. The lowest BCUT2D eigenvalue weighted by Crippen LogP contribution is -2.48. The zero-order valence-corrected chi connectivity index (χ0v) is 22.5. The first kappa shape index (κ1) is 27.2. The fourth-order valence-corrected chi connectivity index (χ4v) is 5.11. The van der Waals surface area contributed by atoms with Crippen LogP contribution in [0.25, 0.3) is 0 Å². The van der Waals surface area contributed by atoms with Gasteiger partial charge in [0.05, 0.1) is 25.5 Å². The van der Waals surface area contributed by atoms with Gasteiger partial charge in [-0.1, -0.05) is 19.4 Å². The van der Waals surface area contributed by atoms with Crippen molar-refractivity contribution in [2.45, 2.75) is 31.7 Å². The van der Waals surface area contributed by atoms with Gasteiger partial charge >= 0.3 is 5.97 Å². The number of rotatable bonds is 10. The second-order valence-corrected chi connectivity index (χ2v) is 9.96. The number of pyridine rings is 1. The van der Waals surface area contributed by atoms with Crippen LogP contribution in [-0.4, -0.2) is 91.4 Å². The van der Waals surface area contributed by atoms with Crippen molar-refractivity contribution in [1.82, 2.24) is 19.4 Å². The SMILES string of the molecule is C=C(Nc1ccc(N2CCN(CC(=O)OC)CC2)cn1)Nc1c(C=N)cc(C(=O)N(C)C)n1C1CCCC1. The van der Waals surface area contributed by atoms with E-state index < -0.39 is 0 Å². The van der Waals surface area contributed by atoms with Gasteiger partial charge < -0.3 is 35.1 Å². The summed E-state index contributed by atoms with van der Waals surface area (Å²) < 4.78 is 6.80. The summed E-state index contributed by atoms with van der Waals surface area (Å²) in [6, 6.07) is 5.89. The number of nitrogens with one attached hydrogen (secondary N) is 3. The largest absolute Gasteiger partial charge is 0.468 e. The van der Waals surface area contributed by atoms with Gasteiger partial charge in [0, 0.05) is 58.1 Å². The molecule has 0 spiro atoms. The molecule has 2 fully saturated rings. The van der Waals surface area contributed by atoms with E-state index in [1.807, 2.05) is 22.9 Å². The third-order valence-corrected chi connectivity index (χ3v) is 7.15. The lowest BCUT2D eigenvalue weighted by Gasteiger charge is -2.35. The molecule has 0 radical (unpaired) electrons. The molecule has 2 aromatic rings. The van der Waals surface area contributed by atoms with Crippen LogP contribution >= 0.6 is 0 Å². The molecule has 0 aromatic carbocycles. The fourth-order valence-electron chi connectivity index (χ4n) is 5.11. The minimum atomic E-state index is -0.215. The predicted molar refractivity (Wildman–Crippen MR) is 149 cm³/mol. The summed E-state index contributed by atoms with van der Waals surface area (Å²) in [4.78, 5) is 34.9. The van der Waals surface area contributed by atoms with Gasteiger partial charge in [0.25, 0.3) is 5.91 Å². The Labute approximate surface area is 223 Å². The molecule has 1 saturated carbocycles. The van der Waals surface area contributed by atoms with Crippen molar-refractivity contribution in [2.24, 2.45) is 0 Å². The Morgan fingerprint density at radius 1 is 1.18 bits per heavy atom. The van der Waals surface area contributed by atoms with E-state index in [0.29, 0.717) is 35.3 Å². The highest BCUT2D eigenvalue weighted by atomic mass is 16.5. The van der Waals surface area contributed by atoms with Gasteiger partial charge in [0.15, 0.2) is 0 Å². The number of anilines is 3. The molecule has 1 aliphatic carbocycles. The lowest BCUT2D eigenvalue weighted by molar-refractivity contribution is -0.142. The summed E-state index contributed by atoms with van der Waals surface area (Å²) in [5, 5.41) is 14.5. The van der Waals surface area contributed by atoms with Crippen LogP contribution in [0, 0.1) is 5.41 Å². The van der Waals surface area contributed by atoms with Gasteiger partial charge in [-0.25, -0.2) is 4.98 Å². The fraction of sp³-hybridized carbons (Fsp3) is 0.481. The molecule has 3 N–H and O–H groups in total. The Bertz CT molecular complexity index is 1160. The van der Waals surface area contributed by atoms with Crippen LogP contribution in [0.2, 0.25) is 0 Å². The van der Waals surface area contributed by atoms with Crippen LogP contribution in [0.5, 0.6) is 0 Å². The van der Waals surface area contributed by atoms with Crippen LogP contribution in [0.3, 0.4) is 0 Å². The maximum absolute atomic E-state index is 12.9. The van der Waals surface area contributed by atoms with Crippen molar-refractivity contribution < 1.29 is 14.3 Å². The van der Waals surface area contributed by atoms with Gasteiger partial charge in [0.2, 0.25) is 0 Å². The van der Waals surface area contributed by atoms with E-state index in [9.17, 15) is 9.59 Å². The Kier molecular flexibility index (Phi) is 8.67. The quantitative estimate of drug-likeness (QED) is 0.322. The van der Waals surface area contributed by atoms with Crippen molar-refractivity contribution in [3.8, 4) is 0 Å². The van der Waals surface area contributed by atoms with Gasteiger partial charge in [-0.05, 0) is 31.0 Å². The third-order valence-electron chi connectivity index (χ3n) is 7.15. The number of esters is 1. The Hall–Kier alpha value is -3.86. The second kappa shape index (κ2) is 12.1. The van der Waals surface area contributed by atoms with Crippen LogP contribution in [-0.2, 0) is 9.53 Å². The highest BCUT2D eigenvalue weighted by molar-refractivity contribution is 5.98. The van der Waals surface area contributed by atoms with Crippen LogP contribution in [0.1, 0.15) is 47.8 Å². The maximum Gasteiger partial charge on any atom is 0.319 e. The first-order valence-corrected chi connectivity index (χ1v) is 13.0. The average molecular weight is 523 g/mol. The Morgan fingerprint density at radius 2 is 1.89 bits per heavy atom. The molecule has 38 heavy (non-hydrogen) atoms. The van der Waals surface area contributed by atoms with Crippen LogP contribution in [0.15, 0.2) is 36.8 Å². The van der Waals surface area contributed by atoms with Gasteiger partial charge in [0.1, 0.15) is 23.2 Å². The Morgan fingerprint density at radius 3 is 2.47 bits per heavy atom. The topological polar surface area (TPSA) is 119 Å². The molecule has 11 nitrogen and oxygen atoms in total. The molecule has 1 saturated heterocycles. The molecule has 0 atom stereocenters. The van der Waals surface area contributed by atoms with Crippen molar-refractivity contribution in [3.05, 3.63) is 48.1 Å². The third kappa shape index (κ3) is 6.16. The summed E-state index contributed by atoms with van der Waals surface area (Å²) >= 11 is 0. The lowest BCUT2D eigenvalue weighted by atomic mass is 10.2. The zero-order valence-electron chi connectivity index (χ0n) is 22.5. The van der Waals surface area contributed by atoms with Gasteiger partial charge in [-0.3, -0.25) is 14.5 Å². The summed E-state index contributed by atoms with van der Waals surface area (Å²) in [5.74, 6) is 1.53. The van der Waals surface area contributed by atoms with Crippen molar-refractivity contribution >= 4 is 35.4 Å². The summed E-state index contributed by atoms with van der Waals surface area (Å²) in [5.41, 5.74) is 2.23. The molecular formula is C27H38N8O3. The van der Waals surface area contributed by atoms with E-state index in [1.165, 1.54) is 13.3 Å².